The van der Waals surface area contributed by atoms with Crippen molar-refractivity contribution >= 4 is 28.9 Å². The molecule has 2 N–H and O–H groups in total. The summed E-state index contributed by atoms with van der Waals surface area (Å²) in [6.45, 7) is 4.55. The first kappa shape index (κ1) is 28.3. The minimum Gasteiger partial charge on any atom is -0.463 e. The van der Waals surface area contributed by atoms with E-state index >= 15 is 0 Å². The van der Waals surface area contributed by atoms with Gasteiger partial charge < -0.3 is 24.5 Å². The molecule has 3 heterocycles. The molecule has 1 fully saturated rings. The molecule has 2 aromatic heterocycles. The Morgan fingerprint density at radius 3 is 2.84 bits per heavy atom. The van der Waals surface area contributed by atoms with E-state index in [0.29, 0.717) is 44.4 Å². The Balaban J connectivity index is 1.77. The standard InChI is InChI=1S/C26H36FN5O5/c1-4-7-8-9-10-20(33)36-16-26(6-3,24(34)37-19-12-14-35-15-19)13-11-18(5-2)32-17-29-21-22(28)30-25(27)31-23(21)32/h3,17-19H,4-5,7-16H2,1-2H3,(H2,28,30,31)/t18-,19?,26+/m1/s1. The van der Waals surface area contributed by atoms with Crippen molar-refractivity contribution in [2.75, 3.05) is 25.6 Å². The van der Waals surface area contributed by atoms with Gasteiger partial charge in [-0.3, -0.25) is 9.59 Å². The number of hydrogen-bond donors (Lipinski definition) is 1. The van der Waals surface area contributed by atoms with Crippen molar-refractivity contribution < 1.29 is 28.2 Å². The summed E-state index contributed by atoms with van der Waals surface area (Å²) in [7, 11) is 0. The second-order valence-corrected chi connectivity index (χ2v) is 9.39. The quantitative estimate of drug-likeness (QED) is 0.172. The van der Waals surface area contributed by atoms with Gasteiger partial charge in [-0.2, -0.15) is 14.4 Å². The number of unbranched alkanes of at least 4 members (excludes halogenated alkanes) is 3. The molecule has 1 saturated heterocycles. The van der Waals surface area contributed by atoms with Gasteiger partial charge in [0.05, 0.1) is 19.5 Å². The average Bonchev–Trinajstić information content (AvgIpc) is 3.54. The van der Waals surface area contributed by atoms with E-state index in [1.165, 1.54) is 6.33 Å². The van der Waals surface area contributed by atoms with Crippen molar-refractivity contribution in [2.45, 2.75) is 83.8 Å². The van der Waals surface area contributed by atoms with Crippen LogP contribution in [-0.4, -0.2) is 57.4 Å². The number of aromatic nitrogens is 4. The normalized spacial score (nSPS) is 17.7. The minimum absolute atomic E-state index is 0.0534. The summed E-state index contributed by atoms with van der Waals surface area (Å²) in [4.78, 5) is 37.3. The van der Waals surface area contributed by atoms with Crippen LogP contribution in [-0.2, 0) is 23.8 Å². The maximum absolute atomic E-state index is 13.9. The molecular formula is C26H36FN5O5. The van der Waals surface area contributed by atoms with Gasteiger partial charge in [0.25, 0.3) is 0 Å². The lowest BCUT2D eigenvalue weighted by molar-refractivity contribution is -0.164. The van der Waals surface area contributed by atoms with E-state index in [1.807, 2.05) is 6.92 Å². The van der Waals surface area contributed by atoms with E-state index in [1.54, 1.807) is 4.57 Å². The van der Waals surface area contributed by atoms with E-state index in [2.05, 4.69) is 27.8 Å². The molecule has 3 atom stereocenters. The number of nitrogens with zero attached hydrogens (tertiary/aromatic N) is 4. The largest absolute Gasteiger partial charge is 0.463 e. The molecule has 2 aromatic rings. The number of carbonyl (C=O) groups excluding carboxylic acids is 2. The summed E-state index contributed by atoms with van der Waals surface area (Å²) >= 11 is 0. The van der Waals surface area contributed by atoms with Gasteiger partial charge in [0.1, 0.15) is 18.2 Å². The fourth-order valence-electron chi connectivity index (χ4n) is 4.38. The third kappa shape index (κ3) is 7.16. The van der Waals surface area contributed by atoms with E-state index in [0.717, 1.165) is 19.3 Å². The number of nitrogen functional groups attached to an aromatic ring is 1. The third-order valence-corrected chi connectivity index (χ3v) is 6.73. The zero-order valence-electron chi connectivity index (χ0n) is 21.6. The number of anilines is 1. The molecule has 3 rings (SSSR count). The van der Waals surface area contributed by atoms with Gasteiger partial charge >= 0.3 is 18.0 Å². The maximum atomic E-state index is 13.9. The summed E-state index contributed by atoms with van der Waals surface area (Å²) in [5.74, 6) is 1.51. The number of terminal acetylenes is 1. The highest BCUT2D eigenvalue weighted by Gasteiger charge is 2.42. The smallest absolute Gasteiger partial charge is 0.328 e. The first-order valence-electron chi connectivity index (χ1n) is 12.9. The molecule has 0 spiro atoms. The van der Waals surface area contributed by atoms with Gasteiger partial charge in [0, 0.05) is 18.9 Å². The second kappa shape index (κ2) is 13.3. The molecule has 10 nitrogen and oxygen atoms in total. The number of nitrogens with two attached hydrogens (primary N) is 1. The summed E-state index contributed by atoms with van der Waals surface area (Å²) in [6, 6.07) is -0.237. The fraction of sp³-hybridized carbons (Fsp3) is 0.654. The van der Waals surface area contributed by atoms with Gasteiger partial charge in [0.15, 0.2) is 16.9 Å². The molecule has 37 heavy (non-hydrogen) atoms. The first-order valence-corrected chi connectivity index (χ1v) is 12.9. The summed E-state index contributed by atoms with van der Waals surface area (Å²) in [5, 5.41) is 0. The molecule has 1 aliphatic heterocycles. The highest BCUT2D eigenvalue weighted by atomic mass is 19.1. The number of fused-ring (bicyclic) bond motifs is 1. The van der Waals surface area contributed by atoms with Crippen LogP contribution in [0.4, 0.5) is 10.2 Å². The Kier molecular flexibility index (Phi) is 10.2. The lowest BCUT2D eigenvalue weighted by Gasteiger charge is -2.29. The van der Waals surface area contributed by atoms with Crippen LogP contribution in [0.2, 0.25) is 0 Å². The van der Waals surface area contributed by atoms with Crippen LogP contribution in [0.25, 0.3) is 11.2 Å². The van der Waals surface area contributed by atoms with E-state index in [9.17, 15) is 14.0 Å². The highest BCUT2D eigenvalue weighted by molar-refractivity contribution is 5.82. The molecule has 1 aliphatic rings. The molecule has 0 aromatic carbocycles. The van der Waals surface area contributed by atoms with Crippen LogP contribution >= 0.6 is 0 Å². The Morgan fingerprint density at radius 1 is 1.35 bits per heavy atom. The summed E-state index contributed by atoms with van der Waals surface area (Å²) in [6.07, 6.45) is 11.8. The molecule has 0 saturated carbocycles. The van der Waals surface area contributed by atoms with Crippen molar-refractivity contribution in [2.24, 2.45) is 5.41 Å². The molecule has 0 bridgehead atoms. The molecule has 0 amide bonds. The predicted molar refractivity (Wildman–Crippen MR) is 135 cm³/mol. The molecular weight excluding hydrogens is 481 g/mol. The number of hydrogen-bond acceptors (Lipinski definition) is 9. The molecule has 1 unspecified atom stereocenters. The zero-order chi connectivity index (χ0) is 26.8. The van der Waals surface area contributed by atoms with Crippen LogP contribution in [0.5, 0.6) is 0 Å². The van der Waals surface area contributed by atoms with Crippen molar-refractivity contribution in [1.29, 1.82) is 0 Å². The number of halogens is 1. The van der Waals surface area contributed by atoms with E-state index < -0.39 is 29.5 Å². The van der Waals surface area contributed by atoms with Gasteiger partial charge in [-0.05, 0) is 25.7 Å². The molecule has 11 heteroatoms. The fourth-order valence-corrected chi connectivity index (χ4v) is 4.38. The Labute approximate surface area is 216 Å². The second-order valence-electron chi connectivity index (χ2n) is 9.39. The van der Waals surface area contributed by atoms with Crippen molar-refractivity contribution in [3.63, 3.8) is 0 Å². The third-order valence-electron chi connectivity index (χ3n) is 6.73. The van der Waals surface area contributed by atoms with Crippen LogP contribution in [0.1, 0.15) is 77.7 Å². The Morgan fingerprint density at radius 2 is 2.16 bits per heavy atom. The lowest BCUT2D eigenvalue weighted by Crippen LogP contribution is -2.39. The highest BCUT2D eigenvalue weighted by Crippen LogP contribution is 2.33. The topological polar surface area (TPSA) is 131 Å². The van der Waals surface area contributed by atoms with Crippen molar-refractivity contribution in [1.82, 2.24) is 19.5 Å². The van der Waals surface area contributed by atoms with E-state index in [4.69, 9.17) is 26.4 Å². The Hall–Kier alpha value is -3.26. The molecule has 202 valence electrons. The number of imidazole rings is 1. The van der Waals surface area contributed by atoms with Gasteiger partial charge in [-0.15, -0.1) is 6.42 Å². The SMILES string of the molecule is C#C[C@](CC[C@@H](CC)n1cnc2c(N)nc(F)nc21)(COC(=O)CCCCCC)C(=O)OC1CCOC1. The Bertz CT molecular complexity index is 1110. The van der Waals surface area contributed by atoms with Gasteiger partial charge in [0.2, 0.25) is 0 Å². The van der Waals surface area contributed by atoms with Gasteiger partial charge in [-0.1, -0.05) is 39.0 Å². The maximum Gasteiger partial charge on any atom is 0.328 e. The number of rotatable bonds is 14. The predicted octanol–water partition coefficient (Wildman–Crippen LogP) is 3.74. The van der Waals surface area contributed by atoms with Crippen LogP contribution in [0.3, 0.4) is 0 Å². The number of ether oxygens (including phenoxy) is 3. The molecule has 0 aliphatic carbocycles. The van der Waals surface area contributed by atoms with Crippen LogP contribution < -0.4 is 5.73 Å². The van der Waals surface area contributed by atoms with Crippen molar-refractivity contribution in [3.05, 3.63) is 12.4 Å². The first-order chi connectivity index (χ1) is 17.8. The average molecular weight is 518 g/mol. The van der Waals surface area contributed by atoms with Crippen LogP contribution in [0.15, 0.2) is 6.33 Å². The summed E-state index contributed by atoms with van der Waals surface area (Å²) < 4.78 is 32.1. The van der Waals surface area contributed by atoms with Gasteiger partial charge in [-0.25, -0.2) is 4.98 Å². The van der Waals surface area contributed by atoms with Crippen LogP contribution in [0, 0.1) is 23.8 Å². The lowest BCUT2D eigenvalue weighted by atomic mass is 9.83. The zero-order valence-corrected chi connectivity index (χ0v) is 21.6. The van der Waals surface area contributed by atoms with Crippen molar-refractivity contribution in [3.8, 4) is 12.3 Å². The summed E-state index contributed by atoms with van der Waals surface area (Å²) in [5.41, 5.74) is 4.87. The number of esters is 2. The molecule has 0 radical (unpaired) electrons. The monoisotopic (exact) mass is 517 g/mol. The minimum atomic E-state index is -1.48. The van der Waals surface area contributed by atoms with E-state index in [-0.39, 0.29) is 37.0 Å². The number of carbonyl (C=O) groups is 2.